The molecule has 0 saturated carbocycles. The normalized spacial score (nSPS) is 17.7. The lowest BCUT2D eigenvalue weighted by Crippen LogP contribution is -2.42. The van der Waals surface area contributed by atoms with Gasteiger partial charge in [0.05, 0.1) is 12.5 Å². The van der Waals surface area contributed by atoms with Gasteiger partial charge in [-0.15, -0.1) is 0 Å². The average molecular weight is 444 g/mol. The fourth-order valence-corrected chi connectivity index (χ4v) is 4.57. The summed E-state index contributed by atoms with van der Waals surface area (Å²) >= 11 is 0. The first-order valence-corrected chi connectivity index (χ1v) is 11.2. The Bertz CT molecular complexity index is 1110. The van der Waals surface area contributed by atoms with E-state index in [9.17, 15) is 9.59 Å². The molecule has 33 heavy (non-hydrogen) atoms. The van der Waals surface area contributed by atoms with E-state index in [0.717, 1.165) is 28.0 Å². The molecule has 1 aromatic heterocycles. The highest BCUT2D eigenvalue weighted by atomic mass is 16.5. The first-order chi connectivity index (χ1) is 16.0. The van der Waals surface area contributed by atoms with E-state index in [2.05, 4.69) is 4.98 Å². The molecule has 1 atom stereocenters. The van der Waals surface area contributed by atoms with Crippen molar-refractivity contribution in [3.05, 3.63) is 84.2 Å². The number of rotatable bonds is 8. The molecular weight excluding hydrogens is 414 g/mol. The van der Waals surface area contributed by atoms with Crippen molar-refractivity contribution >= 4 is 11.8 Å². The Morgan fingerprint density at radius 1 is 1.06 bits per heavy atom. The second-order valence-electron chi connectivity index (χ2n) is 8.63. The van der Waals surface area contributed by atoms with Crippen molar-refractivity contribution in [1.82, 2.24) is 9.88 Å². The molecule has 1 aliphatic heterocycles. The third-order valence-corrected chi connectivity index (χ3v) is 6.55. The summed E-state index contributed by atoms with van der Waals surface area (Å²) in [6.07, 6.45) is 5.64. The van der Waals surface area contributed by atoms with Crippen LogP contribution in [0.3, 0.4) is 0 Å². The molecule has 6 heteroatoms. The minimum Gasteiger partial charge on any atom is -0.497 e. The molecule has 0 bridgehead atoms. The third-order valence-electron chi connectivity index (χ3n) is 6.55. The number of likely N-dealkylation sites (tertiary alicyclic amines) is 1. The Morgan fingerprint density at radius 3 is 2.48 bits per heavy atom. The molecule has 0 radical (unpaired) electrons. The number of carbonyl (C=O) groups excluding carboxylic acids is 2. The number of nitrogens with two attached hydrogens (primary N) is 1. The number of carbonyl (C=O) groups is 2. The molecule has 6 nitrogen and oxygen atoms in total. The fourth-order valence-electron chi connectivity index (χ4n) is 4.57. The van der Waals surface area contributed by atoms with Crippen LogP contribution in [0.2, 0.25) is 0 Å². The minimum atomic E-state index is -0.765. The predicted molar refractivity (Wildman–Crippen MR) is 128 cm³/mol. The number of aryl methyl sites for hydroxylation is 1. The monoisotopic (exact) mass is 443 g/mol. The molecule has 170 valence electrons. The van der Waals surface area contributed by atoms with Gasteiger partial charge in [-0.2, -0.15) is 0 Å². The van der Waals surface area contributed by atoms with E-state index < -0.39 is 5.41 Å². The van der Waals surface area contributed by atoms with Gasteiger partial charge in [0, 0.05) is 31.9 Å². The summed E-state index contributed by atoms with van der Waals surface area (Å²) in [5.41, 5.74) is 9.40. The van der Waals surface area contributed by atoms with Crippen molar-refractivity contribution in [3.63, 3.8) is 0 Å². The maximum atomic E-state index is 12.9. The number of hydrogen-bond donors (Lipinski definition) is 1. The van der Waals surface area contributed by atoms with Gasteiger partial charge in [-0.05, 0) is 65.8 Å². The molecule has 0 spiro atoms. The number of benzene rings is 2. The van der Waals surface area contributed by atoms with Crippen LogP contribution in [-0.4, -0.2) is 41.9 Å². The van der Waals surface area contributed by atoms with E-state index in [-0.39, 0.29) is 11.8 Å². The number of methoxy groups -OCH3 is 1. The number of aromatic nitrogens is 1. The van der Waals surface area contributed by atoms with Crippen LogP contribution in [0.1, 0.15) is 24.0 Å². The number of pyridine rings is 1. The highest BCUT2D eigenvalue weighted by Gasteiger charge is 2.44. The smallest absolute Gasteiger partial charge is 0.225 e. The topological polar surface area (TPSA) is 85.5 Å². The molecule has 1 fully saturated rings. The van der Waals surface area contributed by atoms with Crippen LogP contribution in [0.25, 0.3) is 11.1 Å². The van der Waals surface area contributed by atoms with Crippen LogP contribution in [0.15, 0.2) is 73.1 Å². The van der Waals surface area contributed by atoms with Gasteiger partial charge in [0.1, 0.15) is 5.75 Å². The van der Waals surface area contributed by atoms with E-state index >= 15 is 0 Å². The van der Waals surface area contributed by atoms with Gasteiger partial charge in [0.25, 0.3) is 0 Å². The quantitative estimate of drug-likeness (QED) is 0.576. The van der Waals surface area contributed by atoms with E-state index in [1.165, 1.54) is 0 Å². The van der Waals surface area contributed by atoms with Crippen LogP contribution in [-0.2, 0) is 22.4 Å². The van der Waals surface area contributed by atoms with Gasteiger partial charge >= 0.3 is 0 Å². The summed E-state index contributed by atoms with van der Waals surface area (Å²) in [5.74, 6) is 0.497. The Kier molecular flexibility index (Phi) is 6.73. The average Bonchev–Trinajstić information content (AvgIpc) is 3.29. The van der Waals surface area contributed by atoms with Crippen LogP contribution < -0.4 is 10.5 Å². The molecule has 1 unspecified atom stereocenters. The van der Waals surface area contributed by atoms with Gasteiger partial charge in [-0.3, -0.25) is 14.6 Å². The summed E-state index contributed by atoms with van der Waals surface area (Å²) in [5, 5.41) is 0. The number of ether oxygens (including phenoxy) is 1. The van der Waals surface area contributed by atoms with E-state index in [4.69, 9.17) is 10.5 Å². The Hall–Kier alpha value is -3.67. The van der Waals surface area contributed by atoms with E-state index in [0.29, 0.717) is 38.8 Å². The summed E-state index contributed by atoms with van der Waals surface area (Å²) in [4.78, 5) is 31.5. The molecule has 4 rings (SSSR count). The lowest BCUT2D eigenvalue weighted by Gasteiger charge is -2.27. The van der Waals surface area contributed by atoms with E-state index in [1.807, 2.05) is 60.7 Å². The zero-order chi connectivity index (χ0) is 23.3. The number of primary amides is 1. The highest BCUT2D eigenvalue weighted by molar-refractivity contribution is 5.85. The molecule has 3 aromatic rings. The summed E-state index contributed by atoms with van der Waals surface area (Å²) in [7, 11) is 1.63. The zero-order valence-corrected chi connectivity index (χ0v) is 18.9. The van der Waals surface area contributed by atoms with Gasteiger partial charge in [-0.25, -0.2) is 0 Å². The van der Waals surface area contributed by atoms with Crippen molar-refractivity contribution in [3.8, 4) is 16.9 Å². The van der Waals surface area contributed by atoms with Gasteiger partial charge in [0.2, 0.25) is 11.8 Å². The molecule has 0 aliphatic carbocycles. The summed E-state index contributed by atoms with van der Waals surface area (Å²) < 4.78 is 5.18. The van der Waals surface area contributed by atoms with Crippen LogP contribution >= 0.6 is 0 Å². The van der Waals surface area contributed by atoms with Gasteiger partial charge in [-0.1, -0.05) is 36.4 Å². The maximum Gasteiger partial charge on any atom is 0.225 e. The summed E-state index contributed by atoms with van der Waals surface area (Å²) in [6, 6.07) is 19.7. The molecule has 1 aliphatic rings. The molecule has 1 saturated heterocycles. The first-order valence-electron chi connectivity index (χ1n) is 11.2. The van der Waals surface area contributed by atoms with Gasteiger partial charge in [0.15, 0.2) is 0 Å². The lowest BCUT2D eigenvalue weighted by molar-refractivity contribution is -0.132. The van der Waals surface area contributed by atoms with Crippen molar-refractivity contribution in [2.24, 2.45) is 11.1 Å². The second kappa shape index (κ2) is 9.86. The summed E-state index contributed by atoms with van der Waals surface area (Å²) in [6.45, 7) is 0.899. The highest BCUT2D eigenvalue weighted by Crippen LogP contribution is 2.37. The minimum absolute atomic E-state index is 0.0522. The lowest BCUT2D eigenvalue weighted by atomic mass is 9.78. The van der Waals surface area contributed by atoms with E-state index in [1.54, 1.807) is 24.4 Å². The third kappa shape index (κ3) is 5.06. The van der Waals surface area contributed by atoms with Crippen molar-refractivity contribution < 1.29 is 14.3 Å². The molecule has 2 heterocycles. The van der Waals surface area contributed by atoms with Crippen LogP contribution in [0.5, 0.6) is 5.75 Å². The van der Waals surface area contributed by atoms with Crippen molar-refractivity contribution in [2.45, 2.75) is 25.7 Å². The standard InChI is InChI=1S/C27H29N3O3/c1-33-23-9-6-20(7-10-23)8-11-25(31)30-17-14-27(19-30,26(28)32)18-22-4-2-3-5-24(22)21-12-15-29-16-13-21/h2-7,9-10,12-13,15-16H,8,11,14,17-19H2,1H3,(H2,28,32). The van der Waals surface area contributed by atoms with Crippen molar-refractivity contribution in [1.29, 1.82) is 0 Å². The Labute approximate surface area is 194 Å². The predicted octanol–water partition coefficient (Wildman–Crippen LogP) is 3.64. The number of hydrogen-bond acceptors (Lipinski definition) is 4. The number of nitrogens with zero attached hydrogens (tertiary/aromatic N) is 2. The van der Waals surface area contributed by atoms with Crippen LogP contribution in [0, 0.1) is 5.41 Å². The largest absolute Gasteiger partial charge is 0.497 e. The Morgan fingerprint density at radius 2 is 1.79 bits per heavy atom. The van der Waals surface area contributed by atoms with Crippen molar-refractivity contribution in [2.75, 3.05) is 20.2 Å². The second-order valence-corrected chi connectivity index (χ2v) is 8.63. The SMILES string of the molecule is COc1ccc(CCC(=O)N2CCC(Cc3ccccc3-c3ccncc3)(C(N)=O)C2)cc1. The fraction of sp³-hybridized carbons (Fsp3) is 0.296. The molecular formula is C27H29N3O3. The number of amides is 2. The first kappa shape index (κ1) is 22.5. The Balaban J connectivity index is 1.46. The van der Waals surface area contributed by atoms with Gasteiger partial charge < -0.3 is 15.4 Å². The van der Waals surface area contributed by atoms with Crippen LogP contribution in [0.4, 0.5) is 0 Å². The zero-order valence-electron chi connectivity index (χ0n) is 18.9. The molecule has 2 amide bonds. The maximum absolute atomic E-state index is 12.9. The molecule has 2 N–H and O–H groups in total. The molecule has 2 aromatic carbocycles.